The largest absolute Gasteiger partial charge is 0.373 e. The molecule has 0 bridgehead atoms. The predicted octanol–water partition coefficient (Wildman–Crippen LogP) is 1.06. The smallest absolute Gasteiger partial charge is 0.214 e. The number of nitriles is 1. The molecule has 0 spiro atoms. The number of pyridine rings is 1. The predicted molar refractivity (Wildman–Crippen MR) is 54.2 cm³/mol. The molecule has 1 aromatic heterocycles. The molecule has 5 nitrogen and oxygen atoms in total. The molecule has 0 amide bonds. The number of hydrogen-bond acceptors (Lipinski definition) is 5. The maximum absolute atomic E-state index is 11.7. The summed E-state index contributed by atoms with van der Waals surface area (Å²) in [6.45, 7) is 0. The second kappa shape index (κ2) is 4.07. The Morgan fingerprint density at radius 2 is 2.36 bits per heavy atom. The highest BCUT2D eigenvalue weighted by Gasteiger charge is 2.05. The van der Waals surface area contributed by atoms with Crippen molar-refractivity contribution < 1.29 is 4.21 Å². The van der Waals surface area contributed by atoms with Crippen LogP contribution in [0.2, 0.25) is 0 Å². The van der Waals surface area contributed by atoms with Crippen LogP contribution in [0.15, 0.2) is 27.6 Å². The summed E-state index contributed by atoms with van der Waals surface area (Å²) in [5.41, 5.74) is 0. The maximum atomic E-state index is 11.7. The highest BCUT2D eigenvalue weighted by Crippen LogP contribution is 2.11. The summed E-state index contributed by atoms with van der Waals surface area (Å²) in [7, 11) is -0.871. The molecule has 0 aliphatic rings. The molecule has 1 aromatic rings. The topological polar surface area (TPSA) is 78.1 Å². The average Bonchev–Trinajstić information content (AvgIpc) is 2.18. The van der Waals surface area contributed by atoms with Gasteiger partial charge in [0.05, 0.1) is 14.6 Å². The average molecular weight is 210 g/mol. The van der Waals surface area contributed by atoms with Crippen LogP contribution < -0.4 is 5.32 Å². The second-order valence-corrected chi connectivity index (χ2v) is 4.88. The van der Waals surface area contributed by atoms with Crippen LogP contribution >= 0.6 is 0 Å². The third-order valence-corrected chi connectivity index (χ3v) is 3.19. The molecule has 0 aliphatic carbocycles. The first-order valence-corrected chi connectivity index (χ1v) is 5.76. The Balaban J connectivity index is 3.18. The van der Waals surface area contributed by atoms with Gasteiger partial charge in [0.25, 0.3) is 0 Å². The van der Waals surface area contributed by atoms with Crippen molar-refractivity contribution in [3.63, 3.8) is 0 Å². The monoisotopic (exact) mass is 210 g/mol. The zero-order chi connectivity index (χ0) is 10.6. The molecule has 1 rings (SSSR count). The van der Waals surface area contributed by atoms with Crippen molar-refractivity contribution >= 4 is 15.5 Å². The summed E-state index contributed by atoms with van der Waals surface area (Å²) < 4.78 is 15.1. The molecule has 1 atom stereocenters. The van der Waals surface area contributed by atoms with E-state index in [-0.39, 0.29) is 0 Å². The Morgan fingerprint density at radius 3 is 2.79 bits per heavy atom. The molecule has 74 valence electrons. The molecule has 0 fully saturated rings. The van der Waals surface area contributed by atoms with Crippen molar-refractivity contribution in [1.29, 1.82) is 5.26 Å². The van der Waals surface area contributed by atoms with E-state index in [1.807, 2.05) is 0 Å². The van der Waals surface area contributed by atoms with Crippen molar-refractivity contribution in [3.05, 3.63) is 18.3 Å². The van der Waals surface area contributed by atoms with E-state index in [4.69, 9.17) is 5.26 Å². The van der Waals surface area contributed by atoms with E-state index >= 15 is 0 Å². The Hall–Kier alpha value is -1.61. The molecule has 0 radical (unpaired) electrons. The fourth-order valence-electron chi connectivity index (χ4n) is 0.883. The van der Waals surface area contributed by atoms with Crippen molar-refractivity contribution in [2.75, 3.05) is 18.6 Å². The second-order valence-electron chi connectivity index (χ2n) is 2.62. The van der Waals surface area contributed by atoms with Crippen LogP contribution in [-0.2, 0) is 9.73 Å². The van der Waals surface area contributed by atoms with E-state index in [0.29, 0.717) is 10.7 Å². The highest BCUT2D eigenvalue weighted by atomic mass is 32.2. The number of nitrogens with one attached hydrogen (secondary N) is 1. The summed E-state index contributed by atoms with van der Waals surface area (Å²) >= 11 is 0. The van der Waals surface area contributed by atoms with Crippen LogP contribution in [0.1, 0.15) is 0 Å². The minimum Gasteiger partial charge on any atom is -0.373 e. The van der Waals surface area contributed by atoms with Crippen LogP contribution in [-0.4, -0.2) is 22.5 Å². The minimum atomic E-state index is -2.61. The van der Waals surface area contributed by atoms with Gasteiger partial charge in [-0.15, -0.1) is 4.36 Å². The van der Waals surface area contributed by atoms with Crippen LogP contribution in [0.3, 0.4) is 0 Å². The van der Waals surface area contributed by atoms with E-state index in [1.54, 1.807) is 25.4 Å². The summed E-state index contributed by atoms with van der Waals surface area (Å²) in [6, 6.07) is 3.33. The first-order chi connectivity index (χ1) is 6.60. The molecule has 14 heavy (non-hydrogen) atoms. The number of hydrogen-bond donors (Lipinski definition) is 1. The van der Waals surface area contributed by atoms with Crippen molar-refractivity contribution in [1.82, 2.24) is 4.98 Å². The number of anilines is 1. The Labute approximate surface area is 83.0 Å². The molecule has 1 unspecified atom stereocenters. The van der Waals surface area contributed by atoms with Crippen LogP contribution in [0.25, 0.3) is 0 Å². The van der Waals surface area contributed by atoms with Gasteiger partial charge in [0.15, 0.2) is 0 Å². The molecule has 0 aromatic carbocycles. The third-order valence-electron chi connectivity index (χ3n) is 1.64. The zero-order valence-electron chi connectivity index (χ0n) is 7.89. The van der Waals surface area contributed by atoms with Gasteiger partial charge in [0, 0.05) is 19.5 Å². The first kappa shape index (κ1) is 10.5. The van der Waals surface area contributed by atoms with Crippen LogP contribution in [0.4, 0.5) is 5.82 Å². The fourth-order valence-corrected chi connectivity index (χ4v) is 1.71. The van der Waals surface area contributed by atoms with Crippen molar-refractivity contribution in [3.8, 4) is 6.19 Å². The molecule has 1 heterocycles. The van der Waals surface area contributed by atoms with Gasteiger partial charge in [0.2, 0.25) is 6.19 Å². The maximum Gasteiger partial charge on any atom is 0.214 e. The Bertz CT molecular complexity index is 465. The van der Waals surface area contributed by atoms with Crippen LogP contribution in [0, 0.1) is 11.5 Å². The van der Waals surface area contributed by atoms with Gasteiger partial charge in [-0.1, -0.05) is 0 Å². The lowest BCUT2D eigenvalue weighted by molar-refractivity contribution is 0.680. The summed E-state index contributed by atoms with van der Waals surface area (Å²) in [4.78, 5) is 4.44. The lowest BCUT2D eigenvalue weighted by atomic mass is 10.5. The SMILES string of the molecule is CNc1ccc(S(C)(=O)=NC#N)cn1. The van der Waals surface area contributed by atoms with Gasteiger partial charge in [-0.2, -0.15) is 5.26 Å². The van der Waals surface area contributed by atoms with Gasteiger partial charge >= 0.3 is 0 Å². The molecule has 1 N–H and O–H groups in total. The van der Waals surface area contributed by atoms with E-state index in [1.165, 1.54) is 12.5 Å². The van der Waals surface area contributed by atoms with Crippen LogP contribution in [0.5, 0.6) is 0 Å². The minimum absolute atomic E-state index is 0.457. The molecular formula is C8H10N4OS. The van der Waals surface area contributed by atoms with E-state index in [9.17, 15) is 4.21 Å². The van der Waals surface area contributed by atoms with Crippen molar-refractivity contribution in [2.45, 2.75) is 4.90 Å². The third kappa shape index (κ3) is 2.20. The van der Waals surface area contributed by atoms with Gasteiger partial charge in [-0.3, -0.25) is 0 Å². The van der Waals surface area contributed by atoms with Gasteiger partial charge in [0.1, 0.15) is 5.82 Å². The molecule has 0 saturated heterocycles. The van der Waals surface area contributed by atoms with Gasteiger partial charge < -0.3 is 5.32 Å². The molecule has 0 saturated carbocycles. The Kier molecular flexibility index (Phi) is 3.04. The summed E-state index contributed by atoms with van der Waals surface area (Å²) in [6.07, 6.45) is 4.40. The van der Waals surface area contributed by atoms with E-state index < -0.39 is 9.73 Å². The number of aromatic nitrogens is 1. The number of nitrogens with zero attached hydrogens (tertiary/aromatic N) is 3. The molecule has 0 aliphatic heterocycles. The summed E-state index contributed by atoms with van der Waals surface area (Å²) in [5.74, 6) is 0.681. The zero-order valence-corrected chi connectivity index (χ0v) is 8.71. The lowest BCUT2D eigenvalue weighted by Crippen LogP contribution is -1.99. The van der Waals surface area contributed by atoms with Gasteiger partial charge in [-0.25, -0.2) is 9.19 Å². The summed E-state index contributed by atoms with van der Waals surface area (Å²) in [5, 5.41) is 11.2. The van der Waals surface area contributed by atoms with Crippen molar-refractivity contribution in [2.24, 2.45) is 4.36 Å². The first-order valence-electron chi connectivity index (χ1n) is 3.84. The number of rotatable bonds is 2. The Morgan fingerprint density at radius 1 is 1.64 bits per heavy atom. The van der Waals surface area contributed by atoms with Gasteiger partial charge in [-0.05, 0) is 12.1 Å². The highest BCUT2D eigenvalue weighted by molar-refractivity contribution is 7.93. The normalized spacial score (nSPS) is 13.8. The standard InChI is InChI=1S/C8H10N4OS/c1-10-8-4-3-7(5-11-8)14(2,13)12-6-9/h3-5H,1-2H3,(H,10,11). The van der Waals surface area contributed by atoms with E-state index in [0.717, 1.165) is 0 Å². The quantitative estimate of drug-likeness (QED) is 0.740. The van der Waals surface area contributed by atoms with E-state index in [2.05, 4.69) is 14.7 Å². The molecular weight excluding hydrogens is 200 g/mol. The molecule has 6 heteroatoms. The fraction of sp³-hybridized carbons (Fsp3) is 0.250. The lowest BCUT2D eigenvalue weighted by Gasteiger charge is -2.02.